The van der Waals surface area contributed by atoms with E-state index >= 15 is 0 Å². The van der Waals surface area contributed by atoms with Crippen molar-refractivity contribution in [1.29, 1.82) is 0 Å². The van der Waals surface area contributed by atoms with Crippen molar-refractivity contribution >= 4 is 46.0 Å². The Morgan fingerprint density at radius 2 is 1.87 bits per heavy atom. The van der Waals surface area contributed by atoms with Gasteiger partial charge < -0.3 is 19.6 Å². The van der Waals surface area contributed by atoms with Gasteiger partial charge in [0.15, 0.2) is 5.82 Å². The largest absolute Gasteiger partial charge is 0.493 e. The minimum atomic E-state index is -0.995. The van der Waals surface area contributed by atoms with Gasteiger partial charge in [0, 0.05) is 43.4 Å². The molecule has 1 N–H and O–H groups in total. The lowest BCUT2D eigenvalue weighted by atomic mass is 10.0. The number of carbonyl (C=O) groups is 2. The number of aryl methyl sites for hydroxylation is 1. The highest BCUT2D eigenvalue weighted by atomic mass is 16.5. The zero-order valence-corrected chi connectivity index (χ0v) is 21.5. The predicted molar refractivity (Wildman–Crippen MR) is 148 cm³/mol. The van der Waals surface area contributed by atoms with Crippen molar-refractivity contribution in [2.45, 2.75) is 20.3 Å². The Hall–Kier alpha value is -4.72. The first kappa shape index (κ1) is 25.0. The van der Waals surface area contributed by atoms with E-state index in [-0.39, 0.29) is 5.91 Å². The summed E-state index contributed by atoms with van der Waals surface area (Å²) in [5.74, 6) is 0.904. The molecule has 0 saturated carbocycles. The summed E-state index contributed by atoms with van der Waals surface area (Å²) in [6.07, 6.45) is 5.06. The number of hydrogen-bond acceptors (Lipinski definition) is 6. The van der Waals surface area contributed by atoms with Crippen molar-refractivity contribution in [3.8, 4) is 5.75 Å². The van der Waals surface area contributed by atoms with Crippen LogP contribution in [-0.4, -0.2) is 47.2 Å². The van der Waals surface area contributed by atoms with Crippen LogP contribution in [0.5, 0.6) is 5.75 Å². The molecule has 2 aromatic heterocycles. The maximum absolute atomic E-state index is 13.4. The van der Waals surface area contributed by atoms with E-state index in [4.69, 9.17) is 19.8 Å². The number of carboxylic acid groups (broad SMARTS) is 1. The van der Waals surface area contributed by atoms with Gasteiger partial charge in [-0.05, 0) is 60.7 Å². The fraction of sp³-hybridized carbons (Fsp3) is 0.200. The summed E-state index contributed by atoms with van der Waals surface area (Å²) < 4.78 is 6.14. The van der Waals surface area contributed by atoms with E-state index < -0.39 is 5.97 Å². The quantitative estimate of drug-likeness (QED) is 0.334. The van der Waals surface area contributed by atoms with Crippen molar-refractivity contribution in [2.24, 2.45) is 0 Å². The van der Waals surface area contributed by atoms with Crippen LogP contribution in [0.4, 0.5) is 17.3 Å². The molecule has 0 radical (unpaired) electrons. The van der Waals surface area contributed by atoms with Gasteiger partial charge in [-0.1, -0.05) is 30.3 Å². The van der Waals surface area contributed by atoms with E-state index in [2.05, 4.69) is 0 Å². The number of pyridine rings is 2. The number of anilines is 3. The molecule has 0 bridgehead atoms. The van der Waals surface area contributed by atoms with Crippen molar-refractivity contribution in [2.75, 3.05) is 30.0 Å². The topological polar surface area (TPSA) is 95.9 Å². The number of ether oxygens (including phenoxy) is 1. The molecule has 38 heavy (non-hydrogen) atoms. The fourth-order valence-corrected chi connectivity index (χ4v) is 4.71. The first-order valence-corrected chi connectivity index (χ1v) is 12.4. The maximum atomic E-state index is 13.4. The van der Waals surface area contributed by atoms with Gasteiger partial charge in [0.25, 0.3) is 5.91 Å². The highest BCUT2D eigenvalue weighted by Crippen LogP contribution is 2.38. The van der Waals surface area contributed by atoms with Crippen LogP contribution < -0.4 is 14.5 Å². The number of hydrogen-bond donors (Lipinski definition) is 1. The molecule has 192 valence electrons. The van der Waals surface area contributed by atoms with Crippen LogP contribution in [0.1, 0.15) is 34.1 Å². The van der Waals surface area contributed by atoms with Gasteiger partial charge in [-0.3, -0.25) is 4.79 Å². The molecule has 1 amide bonds. The van der Waals surface area contributed by atoms with Crippen LogP contribution in [0.3, 0.4) is 0 Å². The molecule has 0 unspecified atom stereocenters. The molecule has 0 spiro atoms. The summed E-state index contributed by atoms with van der Waals surface area (Å²) in [4.78, 5) is 37.4. The number of aliphatic carboxylic acids is 1. The molecule has 1 aliphatic heterocycles. The molecule has 0 atom stereocenters. The number of carbonyl (C=O) groups excluding carboxylic acids is 1. The zero-order valence-electron chi connectivity index (χ0n) is 21.5. The average molecular weight is 509 g/mol. The molecular formula is C30H28N4O4. The third kappa shape index (κ3) is 4.68. The number of rotatable bonds is 7. The molecule has 0 fully saturated rings. The SMILES string of the molecule is CCN1c2ncc(CCOc3cccc4c(/C=C/C(=O)O)cccc34)cc2C(=O)N(C)c2ccc(C)nc21. The number of benzene rings is 2. The third-order valence-electron chi connectivity index (χ3n) is 6.61. The van der Waals surface area contributed by atoms with Crippen molar-refractivity contribution in [3.63, 3.8) is 0 Å². The Bertz CT molecular complexity index is 1580. The second-order valence-corrected chi connectivity index (χ2v) is 9.09. The van der Waals surface area contributed by atoms with Gasteiger partial charge in [0.1, 0.15) is 11.6 Å². The lowest BCUT2D eigenvalue weighted by molar-refractivity contribution is -0.131. The lowest BCUT2D eigenvalue weighted by Crippen LogP contribution is -2.25. The number of amides is 1. The summed E-state index contributed by atoms with van der Waals surface area (Å²) in [6, 6.07) is 17.1. The number of aromatic nitrogens is 2. The Balaban J connectivity index is 1.39. The molecule has 1 aliphatic rings. The van der Waals surface area contributed by atoms with Crippen LogP contribution in [0.15, 0.2) is 66.9 Å². The van der Waals surface area contributed by atoms with Crippen molar-refractivity contribution in [1.82, 2.24) is 9.97 Å². The highest BCUT2D eigenvalue weighted by molar-refractivity contribution is 6.12. The molecule has 0 aliphatic carbocycles. The van der Waals surface area contributed by atoms with E-state index in [1.54, 1.807) is 24.2 Å². The fourth-order valence-electron chi connectivity index (χ4n) is 4.71. The summed E-state index contributed by atoms with van der Waals surface area (Å²) in [7, 11) is 1.76. The van der Waals surface area contributed by atoms with Crippen LogP contribution >= 0.6 is 0 Å². The minimum absolute atomic E-state index is 0.130. The zero-order chi connectivity index (χ0) is 26.8. The second kappa shape index (κ2) is 10.3. The Morgan fingerprint density at radius 3 is 2.66 bits per heavy atom. The molecule has 8 nitrogen and oxygen atoms in total. The molecule has 5 rings (SSSR count). The Kier molecular flexibility index (Phi) is 6.79. The summed E-state index contributed by atoms with van der Waals surface area (Å²) in [6.45, 7) is 4.96. The van der Waals surface area contributed by atoms with E-state index in [9.17, 15) is 9.59 Å². The average Bonchev–Trinajstić information content (AvgIpc) is 3.00. The van der Waals surface area contributed by atoms with Gasteiger partial charge in [-0.15, -0.1) is 0 Å². The van der Waals surface area contributed by atoms with Gasteiger partial charge >= 0.3 is 5.97 Å². The van der Waals surface area contributed by atoms with Gasteiger partial charge in [-0.25, -0.2) is 14.8 Å². The van der Waals surface area contributed by atoms with Crippen LogP contribution in [0, 0.1) is 6.92 Å². The Morgan fingerprint density at radius 1 is 1.08 bits per heavy atom. The highest BCUT2D eigenvalue weighted by Gasteiger charge is 2.30. The standard InChI is InChI=1S/C30H28N4O4/c1-4-34-28-24(30(37)33(3)25-13-11-19(2)32-29(25)34)17-20(18-31-28)15-16-38-26-10-6-8-22-21(12-14-27(35)36)7-5-9-23(22)26/h5-14,17-18H,4,15-16H2,1-3H3,(H,35,36)/b14-12+. The number of carboxylic acids is 1. The summed E-state index contributed by atoms with van der Waals surface area (Å²) >= 11 is 0. The molecule has 0 saturated heterocycles. The monoisotopic (exact) mass is 508 g/mol. The summed E-state index contributed by atoms with van der Waals surface area (Å²) in [5, 5.41) is 10.8. The minimum Gasteiger partial charge on any atom is -0.493 e. The molecule has 8 heteroatoms. The van der Waals surface area contributed by atoms with Crippen LogP contribution in [0.25, 0.3) is 16.8 Å². The maximum Gasteiger partial charge on any atom is 0.328 e. The number of nitrogens with zero attached hydrogens (tertiary/aromatic N) is 4. The predicted octanol–water partition coefficient (Wildman–Crippen LogP) is 5.41. The van der Waals surface area contributed by atoms with Gasteiger partial charge in [-0.2, -0.15) is 0 Å². The summed E-state index contributed by atoms with van der Waals surface area (Å²) in [5.41, 5.74) is 3.85. The van der Waals surface area contributed by atoms with E-state index in [0.717, 1.165) is 45.2 Å². The molecule has 2 aromatic carbocycles. The first-order chi connectivity index (χ1) is 18.4. The van der Waals surface area contributed by atoms with E-state index in [1.165, 1.54) is 0 Å². The first-order valence-electron chi connectivity index (χ1n) is 12.4. The third-order valence-corrected chi connectivity index (χ3v) is 6.61. The van der Waals surface area contributed by atoms with Crippen LogP contribution in [-0.2, 0) is 11.2 Å². The lowest BCUT2D eigenvalue weighted by Gasteiger charge is -2.23. The smallest absolute Gasteiger partial charge is 0.328 e. The van der Waals surface area contributed by atoms with Crippen molar-refractivity contribution in [3.05, 3.63) is 89.3 Å². The van der Waals surface area contributed by atoms with E-state index in [1.807, 2.05) is 73.3 Å². The number of fused-ring (bicyclic) bond motifs is 3. The normalized spacial score (nSPS) is 13.0. The Labute approximate surface area is 220 Å². The molecule has 3 heterocycles. The van der Waals surface area contributed by atoms with Gasteiger partial charge in [0.2, 0.25) is 0 Å². The van der Waals surface area contributed by atoms with Crippen molar-refractivity contribution < 1.29 is 19.4 Å². The van der Waals surface area contributed by atoms with E-state index in [0.29, 0.717) is 36.7 Å². The van der Waals surface area contributed by atoms with Crippen LogP contribution in [0.2, 0.25) is 0 Å². The molecule has 4 aromatic rings. The molecular weight excluding hydrogens is 480 g/mol. The second-order valence-electron chi connectivity index (χ2n) is 9.09. The van der Waals surface area contributed by atoms with Gasteiger partial charge in [0.05, 0.1) is 17.9 Å².